The summed E-state index contributed by atoms with van der Waals surface area (Å²) in [6.07, 6.45) is 1.07. The molecule has 0 amide bonds. The normalized spacial score (nSPS) is 31.5. The lowest BCUT2D eigenvalue weighted by Gasteiger charge is -2.18. The molecular weight excluding hydrogens is 242 g/mol. The van der Waals surface area contributed by atoms with Gasteiger partial charge in [0.1, 0.15) is 11.9 Å². The van der Waals surface area contributed by atoms with Crippen molar-refractivity contribution in [3.8, 4) is 5.75 Å². The van der Waals surface area contributed by atoms with Gasteiger partial charge in [-0.15, -0.1) is 0 Å². The molecule has 3 unspecified atom stereocenters. The van der Waals surface area contributed by atoms with Crippen LogP contribution in [0.5, 0.6) is 5.75 Å². The maximum Gasteiger partial charge on any atom is 0.151 e. The molecule has 2 saturated heterocycles. The van der Waals surface area contributed by atoms with Crippen LogP contribution < -0.4 is 10.5 Å². The summed E-state index contributed by atoms with van der Waals surface area (Å²) in [5.74, 6) is 0.630. The Balaban J connectivity index is 1.74. The van der Waals surface area contributed by atoms with Gasteiger partial charge in [-0.2, -0.15) is 0 Å². The van der Waals surface area contributed by atoms with Crippen molar-refractivity contribution >= 4 is 17.3 Å². The van der Waals surface area contributed by atoms with Crippen molar-refractivity contribution in [1.82, 2.24) is 0 Å². The lowest BCUT2D eigenvalue weighted by molar-refractivity contribution is 0.0309. The van der Waals surface area contributed by atoms with E-state index in [2.05, 4.69) is 0 Å². The summed E-state index contributed by atoms with van der Waals surface area (Å²) < 4.78 is 17.1. The third kappa shape index (κ3) is 2.08. The van der Waals surface area contributed by atoms with Crippen LogP contribution in [0.15, 0.2) is 18.2 Å². The van der Waals surface area contributed by atoms with E-state index in [1.807, 2.05) is 0 Å². The SMILES string of the molecule is Nc1ccc(OC2COC3CCOC32)c(Cl)c1. The van der Waals surface area contributed by atoms with Gasteiger partial charge in [0.25, 0.3) is 0 Å². The molecule has 4 nitrogen and oxygen atoms in total. The monoisotopic (exact) mass is 255 g/mol. The minimum Gasteiger partial charge on any atom is -0.484 e. The van der Waals surface area contributed by atoms with Gasteiger partial charge in [0, 0.05) is 12.3 Å². The topological polar surface area (TPSA) is 53.7 Å². The van der Waals surface area contributed by atoms with Gasteiger partial charge in [-0.1, -0.05) is 11.6 Å². The molecule has 2 fully saturated rings. The van der Waals surface area contributed by atoms with Gasteiger partial charge >= 0.3 is 0 Å². The van der Waals surface area contributed by atoms with E-state index in [1.54, 1.807) is 18.2 Å². The summed E-state index contributed by atoms with van der Waals surface area (Å²) in [5.41, 5.74) is 6.26. The maximum atomic E-state index is 6.06. The van der Waals surface area contributed by atoms with Crippen LogP contribution in [0.25, 0.3) is 0 Å². The lowest BCUT2D eigenvalue weighted by atomic mass is 10.1. The van der Waals surface area contributed by atoms with E-state index in [9.17, 15) is 0 Å². The first-order valence-electron chi connectivity index (χ1n) is 5.69. The number of nitrogen functional groups attached to an aromatic ring is 1. The number of fused-ring (bicyclic) bond motifs is 1. The highest BCUT2D eigenvalue weighted by Gasteiger charge is 2.43. The van der Waals surface area contributed by atoms with Crippen LogP contribution in [0.4, 0.5) is 5.69 Å². The zero-order chi connectivity index (χ0) is 11.8. The minimum absolute atomic E-state index is 0.0311. The summed E-state index contributed by atoms with van der Waals surface area (Å²) in [5, 5.41) is 0.520. The molecule has 0 spiro atoms. The molecule has 1 aromatic rings. The van der Waals surface area contributed by atoms with Crippen LogP contribution in [0.1, 0.15) is 6.42 Å². The molecule has 92 valence electrons. The Kier molecular flexibility index (Phi) is 2.86. The Bertz CT molecular complexity index is 426. The number of ether oxygens (including phenoxy) is 3. The van der Waals surface area contributed by atoms with E-state index < -0.39 is 0 Å². The number of hydrogen-bond acceptors (Lipinski definition) is 4. The summed E-state index contributed by atoms with van der Waals surface area (Å²) in [4.78, 5) is 0. The van der Waals surface area contributed by atoms with Crippen LogP contribution in [-0.2, 0) is 9.47 Å². The van der Waals surface area contributed by atoms with Crippen LogP contribution in [0.3, 0.4) is 0 Å². The quantitative estimate of drug-likeness (QED) is 0.820. The largest absolute Gasteiger partial charge is 0.484 e. The fourth-order valence-electron chi connectivity index (χ4n) is 2.31. The van der Waals surface area contributed by atoms with Gasteiger partial charge in [-0.25, -0.2) is 0 Å². The number of rotatable bonds is 2. The molecule has 3 atom stereocenters. The van der Waals surface area contributed by atoms with Crippen molar-refractivity contribution in [1.29, 1.82) is 0 Å². The molecule has 2 N–H and O–H groups in total. The lowest BCUT2D eigenvalue weighted by Crippen LogP contribution is -2.32. The van der Waals surface area contributed by atoms with Gasteiger partial charge in [-0.05, 0) is 24.6 Å². The minimum atomic E-state index is -0.0800. The molecule has 2 heterocycles. The first kappa shape index (κ1) is 11.1. The predicted octanol–water partition coefficient (Wildman–Crippen LogP) is 1.86. The molecule has 17 heavy (non-hydrogen) atoms. The van der Waals surface area contributed by atoms with Crippen molar-refractivity contribution in [2.75, 3.05) is 18.9 Å². The van der Waals surface area contributed by atoms with E-state index >= 15 is 0 Å². The summed E-state index contributed by atoms with van der Waals surface area (Å²) in [6, 6.07) is 5.23. The van der Waals surface area contributed by atoms with Crippen LogP contribution in [0.2, 0.25) is 5.02 Å². The number of hydrogen-bond donors (Lipinski definition) is 1. The van der Waals surface area contributed by atoms with Gasteiger partial charge < -0.3 is 19.9 Å². The summed E-state index contributed by atoms with van der Waals surface area (Å²) >= 11 is 6.06. The number of anilines is 1. The standard InChI is InChI=1S/C12H14ClNO3/c13-8-5-7(14)1-2-9(8)17-11-6-16-10-3-4-15-12(10)11/h1-2,5,10-12H,3-4,6,14H2. The molecular formula is C12H14ClNO3. The average Bonchev–Trinajstić information content (AvgIpc) is 2.86. The van der Waals surface area contributed by atoms with Crippen LogP contribution in [-0.4, -0.2) is 31.5 Å². The van der Waals surface area contributed by atoms with E-state index in [-0.39, 0.29) is 18.3 Å². The second-order valence-electron chi connectivity index (χ2n) is 4.34. The molecule has 1 aromatic carbocycles. The maximum absolute atomic E-state index is 6.06. The number of benzene rings is 1. The Morgan fingerprint density at radius 3 is 3.06 bits per heavy atom. The predicted molar refractivity (Wildman–Crippen MR) is 64.4 cm³/mol. The van der Waals surface area contributed by atoms with Crippen molar-refractivity contribution in [3.63, 3.8) is 0 Å². The van der Waals surface area contributed by atoms with Crippen LogP contribution >= 0.6 is 11.6 Å². The molecule has 3 rings (SSSR count). The molecule has 0 aromatic heterocycles. The Morgan fingerprint density at radius 2 is 2.24 bits per heavy atom. The van der Waals surface area contributed by atoms with E-state index in [1.165, 1.54) is 0 Å². The first-order valence-corrected chi connectivity index (χ1v) is 6.07. The second kappa shape index (κ2) is 4.37. The molecule has 2 aliphatic rings. The third-order valence-electron chi connectivity index (χ3n) is 3.15. The van der Waals surface area contributed by atoms with Crippen molar-refractivity contribution in [3.05, 3.63) is 23.2 Å². The molecule has 0 radical (unpaired) electrons. The van der Waals surface area contributed by atoms with Gasteiger partial charge in [0.15, 0.2) is 6.10 Å². The van der Waals surface area contributed by atoms with Crippen LogP contribution in [0, 0.1) is 0 Å². The fourth-order valence-corrected chi connectivity index (χ4v) is 2.54. The van der Waals surface area contributed by atoms with Gasteiger partial charge in [0.05, 0.1) is 17.7 Å². The van der Waals surface area contributed by atoms with E-state index in [4.69, 9.17) is 31.5 Å². The molecule has 2 aliphatic heterocycles. The van der Waals surface area contributed by atoms with Gasteiger partial charge in [0.2, 0.25) is 0 Å². The highest BCUT2D eigenvalue weighted by Crippen LogP contribution is 2.33. The zero-order valence-electron chi connectivity index (χ0n) is 9.27. The molecule has 0 bridgehead atoms. The first-order chi connectivity index (χ1) is 8.24. The fraction of sp³-hybridized carbons (Fsp3) is 0.500. The third-order valence-corrected chi connectivity index (χ3v) is 3.45. The Morgan fingerprint density at radius 1 is 1.35 bits per heavy atom. The smallest absolute Gasteiger partial charge is 0.151 e. The number of halogens is 1. The highest BCUT2D eigenvalue weighted by atomic mass is 35.5. The molecule has 0 saturated carbocycles. The molecule has 0 aliphatic carbocycles. The second-order valence-corrected chi connectivity index (χ2v) is 4.75. The average molecular weight is 256 g/mol. The van der Waals surface area contributed by atoms with E-state index in [0.29, 0.717) is 23.1 Å². The van der Waals surface area contributed by atoms with Crippen molar-refractivity contribution in [2.24, 2.45) is 0 Å². The Labute approximate surface area is 105 Å². The highest BCUT2D eigenvalue weighted by molar-refractivity contribution is 6.32. The summed E-state index contributed by atoms with van der Waals surface area (Å²) in [6.45, 7) is 1.29. The Hall–Kier alpha value is -0.970. The molecule has 5 heteroatoms. The van der Waals surface area contributed by atoms with Crippen molar-refractivity contribution in [2.45, 2.75) is 24.7 Å². The zero-order valence-corrected chi connectivity index (χ0v) is 10.0. The number of nitrogens with two attached hydrogens (primary N) is 1. The van der Waals surface area contributed by atoms with Gasteiger partial charge in [-0.3, -0.25) is 0 Å². The van der Waals surface area contributed by atoms with Crippen molar-refractivity contribution < 1.29 is 14.2 Å². The summed E-state index contributed by atoms with van der Waals surface area (Å²) in [7, 11) is 0. The van der Waals surface area contributed by atoms with E-state index in [0.717, 1.165) is 13.0 Å².